The predicted molar refractivity (Wildman–Crippen MR) is 79.8 cm³/mol. The summed E-state index contributed by atoms with van der Waals surface area (Å²) in [7, 11) is 0. The molecule has 0 aliphatic rings. The maximum atomic E-state index is 12.4. The van der Waals surface area contributed by atoms with Crippen molar-refractivity contribution >= 4 is 11.9 Å². The largest absolute Gasteiger partial charge is 0.490 e. The standard InChI is InChI=1S/C13H17F3N2O.C2HF3O2/c1-8(2)11(12(17)19)18-7-9-3-5-10(6-4-9)13(14,15)16;3-2(4,5)1(6)7/h3-6,8,11,18H,7H2,1-2H3,(H2,17,19);(H,6,7)/t11-;/m0./s1. The summed E-state index contributed by atoms with van der Waals surface area (Å²) in [5.41, 5.74) is 5.21. The number of nitrogens with one attached hydrogen (secondary N) is 1. The van der Waals surface area contributed by atoms with Crippen molar-refractivity contribution in [3.8, 4) is 0 Å². The predicted octanol–water partition coefficient (Wildman–Crippen LogP) is 2.94. The van der Waals surface area contributed by atoms with E-state index in [-0.39, 0.29) is 5.92 Å². The Morgan fingerprint density at radius 1 is 1.08 bits per heavy atom. The molecule has 1 atom stereocenters. The highest BCUT2D eigenvalue weighted by molar-refractivity contribution is 5.80. The molecule has 0 bridgehead atoms. The summed E-state index contributed by atoms with van der Waals surface area (Å²) in [4.78, 5) is 20.1. The number of benzene rings is 1. The molecule has 0 fully saturated rings. The monoisotopic (exact) mass is 388 g/mol. The SMILES string of the molecule is CC(C)[C@H](NCc1ccc(C(F)(F)F)cc1)C(N)=O.O=C(O)C(F)(F)F. The molecule has 0 unspecified atom stereocenters. The van der Waals surface area contributed by atoms with Crippen LogP contribution in [0.4, 0.5) is 26.3 Å². The number of nitrogens with two attached hydrogens (primary N) is 1. The lowest BCUT2D eigenvalue weighted by atomic mass is 10.0. The Bertz CT molecular complexity index is 597. The minimum Gasteiger partial charge on any atom is -0.475 e. The number of primary amides is 1. The molecular weight excluding hydrogens is 370 g/mol. The Morgan fingerprint density at radius 2 is 1.50 bits per heavy atom. The van der Waals surface area contributed by atoms with Crippen LogP contribution in [0, 0.1) is 5.92 Å². The van der Waals surface area contributed by atoms with Crippen molar-refractivity contribution in [2.45, 2.75) is 38.8 Å². The molecule has 1 amide bonds. The van der Waals surface area contributed by atoms with Crippen molar-refractivity contribution in [2.75, 3.05) is 0 Å². The first kappa shape index (κ1) is 23.7. The van der Waals surface area contributed by atoms with Gasteiger partial charge in [-0.15, -0.1) is 0 Å². The fourth-order valence-electron chi connectivity index (χ4n) is 1.70. The van der Waals surface area contributed by atoms with Crippen LogP contribution < -0.4 is 11.1 Å². The third-order valence-electron chi connectivity index (χ3n) is 3.02. The van der Waals surface area contributed by atoms with Gasteiger partial charge >= 0.3 is 18.3 Å². The summed E-state index contributed by atoms with van der Waals surface area (Å²) in [5.74, 6) is -3.21. The van der Waals surface area contributed by atoms with Gasteiger partial charge in [-0.05, 0) is 23.6 Å². The van der Waals surface area contributed by atoms with Gasteiger partial charge in [0.15, 0.2) is 0 Å². The molecule has 11 heteroatoms. The molecular formula is C15H18F6N2O3. The van der Waals surface area contributed by atoms with Gasteiger partial charge in [-0.2, -0.15) is 26.3 Å². The van der Waals surface area contributed by atoms with E-state index in [0.29, 0.717) is 12.1 Å². The van der Waals surface area contributed by atoms with E-state index in [9.17, 15) is 31.1 Å². The molecule has 26 heavy (non-hydrogen) atoms. The highest BCUT2D eigenvalue weighted by atomic mass is 19.4. The highest BCUT2D eigenvalue weighted by Crippen LogP contribution is 2.29. The molecule has 0 saturated heterocycles. The molecule has 0 spiro atoms. The first-order chi connectivity index (χ1) is 11.7. The smallest absolute Gasteiger partial charge is 0.475 e. The highest BCUT2D eigenvalue weighted by Gasteiger charge is 2.38. The van der Waals surface area contributed by atoms with Gasteiger partial charge in [-0.25, -0.2) is 4.79 Å². The van der Waals surface area contributed by atoms with Crippen LogP contribution in [0.5, 0.6) is 0 Å². The summed E-state index contributed by atoms with van der Waals surface area (Å²) in [5, 5.41) is 10.1. The van der Waals surface area contributed by atoms with Gasteiger partial charge in [0.1, 0.15) is 0 Å². The minimum atomic E-state index is -5.08. The van der Waals surface area contributed by atoms with Crippen molar-refractivity contribution in [1.29, 1.82) is 0 Å². The van der Waals surface area contributed by atoms with Crippen LogP contribution in [0.25, 0.3) is 0 Å². The number of carboxylic acid groups (broad SMARTS) is 1. The lowest BCUT2D eigenvalue weighted by Gasteiger charge is -2.19. The number of carbonyl (C=O) groups excluding carboxylic acids is 1. The second-order valence-electron chi connectivity index (χ2n) is 5.50. The zero-order valence-corrected chi connectivity index (χ0v) is 13.8. The van der Waals surface area contributed by atoms with Gasteiger partial charge in [0.25, 0.3) is 0 Å². The Hall–Kier alpha value is -2.30. The first-order valence-electron chi connectivity index (χ1n) is 7.15. The van der Waals surface area contributed by atoms with Gasteiger partial charge in [0.2, 0.25) is 5.91 Å². The van der Waals surface area contributed by atoms with E-state index in [1.165, 1.54) is 12.1 Å². The minimum absolute atomic E-state index is 0.0203. The van der Waals surface area contributed by atoms with Crippen LogP contribution in [-0.4, -0.2) is 29.2 Å². The average molecular weight is 388 g/mol. The van der Waals surface area contributed by atoms with Gasteiger partial charge in [0.05, 0.1) is 11.6 Å². The molecule has 0 aliphatic carbocycles. The molecule has 4 N–H and O–H groups in total. The second kappa shape index (κ2) is 9.41. The molecule has 1 aromatic rings. The normalized spacial score (nSPS) is 13.0. The lowest BCUT2D eigenvalue weighted by Crippen LogP contribution is -2.44. The zero-order valence-electron chi connectivity index (χ0n) is 13.8. The number of carboxylic acids is 1. The zero-order chi connectivity index (χ0) is 20.7. The van der Waals surface area contributed by atoms with Crippen molar-refractivity contribution in [3.05, 3.63) is 35.4 Å². The summed E-state index contributed by atoms with van der Waals surface area (Å²) < 4.78 is 68.8. The van der Waals surface area contributed by atoms with Crippen molar-refractivity contribution in [3.63, 3.8) is 0 Å². The third kappa shape index (κ3) is 8.70. The Labute approximate surface area is 145 Å². The number of amides is 1. The number of aliphatic carboxylic acids is 1. The molecule has 1 rings (SSSR count). The van der Waals surface area contributed by atoms with Crippen molar-refractivity contribution < 1.29 is 41.0 Å². The summed E-state index contributed by atoms with van der Waals surface area (Å²) in [6.07, 6.45) is -9.42. The molecule has 0 aliphatic heterocycles. The van der Waals surface area contributed by atoms with Crippen molar-refractivity contribution in [2.24, 2.45) is 11.7 Å². The molecule has 0 radical (unpaired) electrons. The van der Waals surface area contributed by atoms with Crippen LogP contribution in [0.3, 0.4) is 0 Å². The lowest BCUT2D eigenvalue weighted by molar-refractivity contribution is -0.192. The number of halogens is 6. The van der Waals surface area contributed by atoms with E-state index in [0.717, 1.165) is 12.1 Å². The van der Waals surface area contributed by atoms with Crippen LogP contribution in [0.1, 0.15) is 25.0 Å². The van der Waals surface area contributed by atoms with Crippen LogP contribution in [-0.2, 0) is 22.3 Å². The van der Waals surface area contributed by atoms with Crippen molar-refractivity contribution in [1.82, 2.24) is 5.32 Å². The number of carbonyl (C=O) groups is 2. The maximum Gasteiger partial charge on any atom is 0.490 e. The Kier molecular flexibility index (Phi) is 8.58. The number of alkyl halides is 6. The fourth-order valence-corrected chi connectivity index (χ4v) is 1.70. The van der Waals surface area contributed by atoms with E-state index in [1.807, 2.05) is 13.8 Å². The molecule has 0 saturated carbocycles. The molecule has 1 aromatic carbocycles. The third-order valence-corrected chi connectivity index (χ3v) is 3.02. The van der Waals surface area contributed by atoms with Gasteiger partial charge in [-0.1, -0.05) is 26.0 Å². The molecule has 0 heterocycles. The van der Waals surface area contributed by atoms with E-state index < -0.39 is 35.8 Å². The number of hydrogen-bond donors (Lipinski definition) is 3. The summed E-state index contributed by atoms with van der Waals surface area (Å²) >= 11 is 0. The van der Waals surface area contributed by atoms with E-state index in [2.05, 4.69) is 5.32 Å². The average Bonchev–Trinajstić information content (AvgIpc) is 2.45. The van der Waals surface area contributed by atoms with Gasteiger partial charge in [0, 0.05) is 6.54 Å². The van der Waals surface area contributed by atoms with Crippen LogP contribution in [0.15, 0.2) is 24.3 Å². The number of rotatable bonds is 5. The van der Waals surface area contributed by atoms with Gasteiger partial charge < -0.3 is 16.2 Å². The van der Waals surface area contributed by atoms with Crippen LogP contribution in [0.2, 0.25) is 0 Å². The molecule has 148 valence electrons. The van der Waals surface area contributed by atoms with Crippen LogP contribution >= 0.6 is 0 Å². The summed E-state index contributed by atoms with van der Waals surface area (Å²) in [6, 6.07) is 4.31. The Morgan fingerprint density at radius 3 is 1.77 bits per heavy atom. The molecule has 0 aromatic heterocycles. The van der Waals surface area contributed by atoms with E-state index >= 15 is 0 Å². The second-order valence-corrected chi connectivity index (χ2v) is 5.50. The number of hydrogen-bond acceptors (Lipinski definition) is 3. The van der Waals surface area contributed by atoms with Gasteiger partial charge in [-0.3, -0.25) is 4.79 Å². The summed E-state index contributed by atoms with van der Waals surface area (Å²) in [6.45, 7) is 3.98. The fraction of sp³-hybridized carbons (Fsp3) is 0.467. The topological polar surface area (TPSA) is 92.4 Å². The maximum absolute atomic E-state index is 12.4. The first-order valence-corrected chi connectivity index (χ1v) is 7.15. The Balaban J connectivity index is 0.000000758. The van der Waals surface area contributed by atoms with E-state index in [4.69, 9.17) is 15.6 Å². The van der Waals surface area contributed by atoms with E-state index in [1.54, 1.807) is 0 Å². The quantitative estimate of drug-likeness (QED) is 0.677. The molecule has 5 nitrogen and oxygen atoms in total.